The van der Waals surface area contributed by atoms with Crippen molar-refractivity contribution in [2.24, 2.45) is 0 Å². The number of ether oxygens (including phenoxy) is 1. The third-order valence-corrected chi connectivity index (χ3v) is 4.50. The molecule has 1 rings (SSSR count). The highest BCUT2D eigenvalue weighted by atomic mass is 79.9. The maximum Gasteiger partial charge on any atom is 0.304 e. The quantitative estimate of drug-likeness (QED) is 0.813. The van der Waals surface area contributed by atoms with Gasteiger partial charge in [0.05, 0.1) is 18.4 Å². The van der Waals surface area contributed by atoms with Crippen LogP contribution >= 0.6 is 15.9 Å². The van der Waals surface area contributed by atoms with Crippen LogP contribution in [0, 0.1) is 0 Å². The van der Waals surface area contributed by atoms with Gasteiger partial charge in [0, 0.05) is 11.0 Å². The first kappa shape index (κ1) is 14.9. The van der Waals surface area contributed by atoms with Crippen LogP contribution in [0.15, 0.2) is 27.6 Å². The molecular weight excluding hydrogens is 326 g/mol. The van der Waals surface area contributed by atoms with Gasteiger partial charge < -0.3 is 9.84 Å². The van der Waals surface area contributed by atoms with Crippen molar-refractivity contribution in [3.63, 3.8) is 0 Å². The summed E-state index contributed by atoms with van der Waals surface area (Å²) in [6.45, 7) is -0.157. The number of hydrogen-bond donors (Lipinski definition) is 2. The maximum absolute atomic E-state index is 11.9. The standard InChI is InChI=1S/C10H12BrNO5S/c1-17-7-2-3-9(8(11)6-7)18(15,16)12-5-4-10(13)14/h2-3,6,12H,4-5H2,1H3,(H,13,14). The van der Waals surface area contributed by atoms with E-state index in [0.29, 0.717) is 10.2 Å². The van der Waals surface area contributed by atoms with Gasteiger partial charge in [0.15, 0.2) is 0 Å². The molecule has 0 heterocycles. The lowest BCUT2D eigenvalue weighted by Crippen LogP contribution is -2.26. The molecule has 18 heavy (non-hydrogen) atoms. The maximum atomic E-state index is 11.9. The zero-order valence-corrected chi connectivity index (χ0v) is 11.9. The lowest BCUT2D eigenvalue weighted by molar-refractivity contribution is -0.136. The number of carboxylic acids is 1. The smallest absolute Gasteiger partial charge is 0.304 e. The lowest BCUT2D eigenvalue weighted by atomic mass is 10.3. The van der Waals surface area contributed by atoms with Crippen molar-refractivity contribution in [3.05, 3.63) is 22.7 Å². The number of carbonyl (C=O) groups is 1. The van der Waals surface area contributed by atoms with Gasteiger partial charge in [-0.1, -0.05) is 0 Å². The Morgan fingerprint density at radius 2 is 2.17 bits per heavy atom. The fraction of sp³-hybridized carbons (Fsp3) is 0.300. The molecule has 0 amide bonds. The summed E-state index contributed by atoms with van der Waals surface area (Å²) in [6.07, 6.45) is -0.271. The van der Waals surface area contributed by atoms with Crippen molar-refractivity contribution in [1.29, 1.82) is 0 Å². The number of benzene rings is 1. The molecule has 0 bridgehead atoms. The minimum Gasteiger partial charge on any atom is -0.497 e. The van der Waals surface area contributed by atoms with Gasteiger partial charge >= 0.3 is 5.97 Å². The number of nitrogens with one attached hydrogen (secondary N) is 1. The normalized spacial score (nSPS) is 11.2. The monoisotopic (exact) mass is 337 g/mol. The zero-order valence-electron chi connectivity index (χ0n) is 9.51. The summed E-state index contributed by atoms with van der Waals surface area (Å²) in [4.78, 5) is 10.3. The fourth-order valence-corrected chi connectivity index (χ4v) is 3.28. The minimum atomic E-state index is -3.73. The van der Waals surface area contributed by atoms with E-state index in [2.05, 4.69) is 20.7 Å². The molecule has 0 saturated carbocycles. The van der Waals surface area contributed by atoms with Crippen LogP contribution in [0.4, 0.5) is 0 Å². The fourth-order valence-electron chi connectivity index (χ4n) is 1.20. The van der Waals surface area contributed by atoms with Crippen molar-refractivity contribution in [2.45, 2.75) is 11.3 Å². The number of halogens is 1. The first-order valence-electron chi connectivity index (χ1n) is 4.92. The van der Waals surface area contributed by atoms with Gasteiger partial charge in [-0.15, -0.1) is 0 Å². The van der Waals surface area contributed by atoms with E-state index in [0.717, 1.165) is 0 Å². The molecule has 0 aliphatic carbocycles. The second kappa shape index (κ2) is 6.17. The summed E-state index contributed by atoms with van der Waals surface area (Å²) in [5.41, 5.74) is 0. The number of sulfonamides is 1. The molecule has 1 aromatic carbocycles. The van der Waals surface area contributed by atoms with Crippen LogP contribution in [0.25, 0.3) is 0 Å². The van der Waals surface area contributed by atoms with Crippen LogP contribution in [-0.2, 0) is 14.8 Å². The minimum absolute atomic E-state index is 0.0358. The predicted molar refractivity (Wildman–Crippen MR) is 68.1 cm³/mol. The number of aliphatic carboxylic acids is 1. The van der Waals surface area contributed by atoms with Crippen LogP contribution in [0.3, 0.4) is 0 Å². The Bertz CT molecular complexity index is 543. The average molecular weight is 338 g/mol. The Balaban J connectivity index is 2.88. The molecule has 0 aliphatic heterocycles. The van der Waals surface area contributed by atoms with Crippen molar-refractivity contribution in [1.82, 2.24) is 4.72 Å². The first-order valence-corrected chi connectivity index (χ1v) is 7.19. The average Bonchev–Trinajstić information content (AvgIpc) is 2.27. The highest BCUT2D eigenvalue weighted by molar-refractivity contribution is 9.10. The number of hydrogen-bond acceptors (Lipinski definition) is 4. The van der Waals surface area contributed by atoms with Crippen molar-refractivity contribution < 1.29 is 23.1 Å². The second-order valence-electron chi connectivity index (χ2n) is 3.34. The molecule has 8 heteroatoms. The Kier molecular flexibility index (Phi) is 5.12. The summed E-state index contributed by atoms with van der Waals surface area (Å²) in [6, 6.07) is 4.41. The van der Waals surface area contributed by atoms with Gasteiger partial charge in [-0.25, -0.2) is 13.1 Å². The van der Waals surface area contributed by atoms with Crippen LogP contribution in [0.5, 0.6) is 5.75 Å². The van der Waals surface area contributed by atoms with E-state index in [9.17, 15) is 13.2 Å². The van der Waals surface area contributed by atoms with E-state index in [-0.39, 0.29) is 17.9 Å². The van der Waals surface area contributed by atoms with Gasteiger partial charge in [-0.05, 0) is 34.1 Å². The molecule has 0 radical (unpaired) electrons. The van der Waals surface area contributed by atoms with E-state index in [4.69, 9.17) is 9.84 Å². The molecule has 0 saturated heterocycles. The number of carboxylic acid groups (broad SMARTS) is 1. The largest absolute Gasteiger partial charge is 0.497 e. The van der Waals surface area contributed by atoms with Gasteiger partial charge in [0.25, 0.3) is 0 Å². The lowest BCUT2D eigenvalue weighted by Gasteiger charge is -2.08. The Morgan fingerprint density at radius 1 is 1.50 bits per heavy atom. The molecular formula is C10H12BrNO5S. The molecule has 0 spiro atoms. The molecule has 0 aliphatic rings. The third kappa shape index (κ3) is 3.97. The Morgan fingerprint density at radius 3 is 2.67 bits per heavy atom. The molecule has 100 valence electrons. The molecule has 0 fully saturated rings. The summed E-state index contributed by atoms with van der Waals surface area (Å²) < 4.78 is 31.2. The summed E-state index contributed by atoms with van der Waals surface area (Å²) in [7, 11) is -2.25. The van der Waals surface area contributed by atoms with Gasteiger partial charge in [0.1, 0.15) is 5.75 Å². The summed E-state index contributed by atoms with van der Waals surface area (Å²) in [5.74, 6) is -0.544. The van der Waals surface area contributed by atoms with Crippen molar-refractivity contribution in [2.75, 3.05) is 13.7 Å². The van der Waals surface area contributed by atoms with Gasteiger partial charge in [-0.3, -0.25) is 4.79 Å². The molecule has 0 aromatic heterocycles. The topological polar surface area (TPSA) is 92.7 Å². The van der Waals surface area contributed by atoms with Crippen LogP contribution in [0.1, 0.15) is 6.42 Å². The molecule has 0 unspecified atom stereocenters. The van der Waals surface area contributed by atoms with Gasteiger partial charge in [0.2, 0.25) is 10.0 Å². The molecule has 6 nitrogen and oxygen atoms in total. The second-order valence-corrected chi connectivity index (χ2v) is 5.93. The van der Waals surface area contributed by atoms with E-state index in [1.54, 1.807) is 0 Å². The highest BCUT2D eigenvalue weighted by Crippen LogP contribution is 2.26. The zero-order chi connectivity index (χ0) is 13.8. The summed E-state index contributed by atoms with van der Waals surface area (Å²) >= 11 is 3.13. The van der Waals surface area contributed by atoms with Crippen LogP contribution < -0.4 is 9.46 Å². The SMILES string of the molecule is COc1ccc(S(=O)(=O)NCCC(=O)O)c(Br)c1. The first-order chi connectivity index (χ1) is 8.36. The van der Waals surface area contributed by atoms with Crippen molar-refractivity contribution >= 4 is 31.9 Å². The Hall–Kier alpha value is -1.12. The Labute approximate surface area is 113 Å². The number of methoxy groups -OCH3 is 1. The van der Waals surface area contributed by atoms with Crippen LogP contribution in [-0.4, -0.2) is 33.1 Å². The van der Waals surface area contributed by atoms with E-state index in [1.807, 2.05) is 0 Å². The van der Waals surface area contributed by atoms with E-state index >= 15 is 0 Å². The predicted octanol–water partition coefficient (Wildman–Crippen LogP) is 1.21. The summed E-state index contributed by atoms with van der Waals surface area (Å²) in [5, 5.41) is 8.44. The van der Waals surface area contributed by atoms with E-state index in [1.165, 1.54) is 25.3 Å². The molecule has 1 aromatic rings. The van der Waals surface area contributed by atoms with Crippen LogP contribution in [0.2, 0.25) is 0 Å². The van der Waals surface area contributed by atoms with Gasteiger partial charge in [-0.2, -0.15) is 0 Å². The third-order valence-electron chi connectivity index (χ3n) is 2.06. The molecule has 0 atom stereocenters. The highest BCUT2D eigenvalue weighted by Gasteiger charge is 2.17. The number of rotatable bonds is 6. The van der Waals surface area contributed by atoms with E-state index < -0.39 is 16.0 Å². The van der Waals surface area contributed by atoms with Crippen molar-refractivity contribution in [3.8, 4) is 5.75 Å². The molecule has 2 N–H and O–H groups in total.